The Hall–Kier alpha value is -4.97. The van der Waals surface area contributed by atoms with Gasteiger partial charge in [0, 0.05) is 74.5 Å². The summed E-state index contributed by atoms with van der Waals surface area (Å²) < 4.78 is 40.9. The molecule has 1 aromatic carbocycles. The van der Waals surface area contributed by atoms with E-state index in [0.717, 1.165) is 60.9 Å². The van der Waals surface area contributed by atoms with Gasteiger partial charge in [-0.3, -0.25) is 9.69 Å². The highest BCUT2D eigenvalue weighted by Gasteiger charge is 2.41. The van der Waals surface area contributed by atoms with Gasteiger partial charge in [0.05, 0.1) is 0 Å². The Bertz CT molecular complexity index is 1950. The van der Waals surface area contributed by atoms with Crippen molar-refractivity contribution in [3.63, 3.8) is 0 Å². The molecule has 12 nitrogen and oxygen atoms in total. The van der Waals surface area contributed by atoms with Crippen LogP contribution in [0.5, 0.6) is 0 Å². The van der Waals surface area contributed by atoms with Crippen molar-refractivity contribution in [3.8, 4) is 11.8 Å². The maximum absolute atomic E-state index is 13.4. The number of nitrogens with zero attached hydrogens (tertiary/aromatic N) is 8. The lowest BCUT2D eigenvalue weighted by molar-refractivity contribution is -0.147. The largest absolute Gasteiger partial charge is 0.465 e. The van der Waals surface area contributed by atoms with Gasteiger partial charge in [0.2, 0.25) is 0 Å². The van der Waals surface area contributed by atoms with Crippen LogP contribution in [-0.2, 0) is 12.6 Å². The molecule has 4 aliphatic heterocycles. The number of rotatable bonds is 4. The van der Waals surface area contributed by atoms with Crippen LogP contribution in [0.3, 0.4) is 0 Å². The van der Waals surface area contributed by atoms with Gasteiger partial charge in [-0.05, 0) is 86.2 Å². The van der Waals surface area contributed by atoms with Crippen molar-refractivity contribution in [2.24, 2.45) is 16.4 Å². The lowest BCUT2D eigenvalue weighted by atomic mass is 9.76. The predicted molar refractivity (Wildman–Crippen MR) is 201 cm³/mol. The van der Waals surface area contributed by atoms with Crippen LogP contribution >= 0.6 is 0 Å². The van der Waals surface area contributed by atoms with Crippen LogP contribution in [0.25, 0.3) is 0 Å². The summed E-state index contributed by atoms with van der Waals surface area (Å²) in [6.07, 6.45) is 2.38. The molecular formula is C40H48F3N9O3. The zero-order valence-corrected chi connectivity index (χ0v) is 31.5. The van der Waals surface area contributed by atoms with E-state index in [1.54, 1.807) is 12.3 Å². The fraction of sp³-hybridized carbons (Fsp3) is 0.550. The summed E-state index contributed by atoms with van der Waals surface area (Å²) in [4.78, 5) is 35.0. The highest BCUT2D eigenvalue weighted by atomic mass is 19.4. The molecule has 2 amide bonds. The number of piperidine rings is 3. The van der Waals surface area contributed by atoms with Crippen molar-refractivity contribution in [1.29, 1.82) is 0 Å². The standard InChI is InChI=1S/C40H48F3N9O3/c1-39(2,3)33-24-26(14-23-51(33)31-17-21-50(22-18-31)38(54)55)4-5-27-6-11-32(44-25-27)36(53)45-30-9-7-28(8-10-30)29-15-19-49(20-16-29)35-13-12-34-46-47-37(40(41,42)43)52(34)48-35/h6-11,25-26,29,31,33H,12-24H2,1-3H3,(H,45,53)(H,54,55). The number of aryl methyl sites for hydroxylation is 1. The second-order valence-corrected chi connectivity index (χ2v) is 16.1. The number of anilines is 1. The molecule has 3 aromatic rings. The third kappa shape index (κ3) is 8.80. The third-order valence-corrected chi connectivity index (χ3v) is 11.5. The molecule has 3 fully saturated rings. The number of likely N-dealkylation sites (tertiary alicyclic amines) is 3. The lowest BCUT2D eigenvalue weighted by Gasteiger charge is -2.50. The molecule has 0 aliphatic carbocycles. The van der Waals surface area contributed by atoms with Crippen molar-refractivity contribution in [2.45, 2.75) is 96.3 Å². The zero-order valence-electron chi connectivity index (χ0n) is 31.5. The van der Waals surface area contributed by atoms with Crippen LogP contribution in [0, 0.1) is 23.2 Å². The molecule has 7 rings (SSSR count). The summed E-state index contributed by atoms with van der Waals surface area (Å²) in [5.41, 5.74) is 2.92. The number of amidine groups is 1. The van der Waals surface area contributed by atoms with Gasteiger partial charge in [0.25, 0.3) is 11.7 Å². The number of carbonyl (C=O) groups is 2. The molecule has 2 atom stereocenters. The first kappa shape index (κ1) is 38.3. The van der Waals surface area contributed by atoms with Gasteiger partial charge in [-0.25, -0.2) is 9.78 Å². The summed E-state index contributed by atoms with van der Waals surface area (Å²) in [6, 6.07) is 12.0. The van der Waals surface area contributed by atoms with Gasteiger partial charge < -0.3 is 20.2 Å². The Kier molecular flexibility index (Phi) is 10.9. The smallest absolute Gasteiger partial charge is 0.453 e. The average molecular weight is 760 g/mol. The first-order valence-corrected chi connectivity index (χ1v) is 19.2. The minimum absolute atomic E-state index is 0.0630. The molecule has 0 radical (unpaired) electrons. The molecule has 4 aliphatic rings. The molecule has 3 saturated heterocycles. The number of pyridine rings is 1. The molecule has 0 saturated carbocycles. The summed E-state index contributed by atoms with van der Waals surface area (Å²) >= 11 is 0. The van der Waals surface area contributed by atoms with Gasteiger partial charge in [0.1, 0.15) is 11.5 Å². The van der Waals surface area contributed by atoms with Gasteiger partial charge in [0.15, 0.2) is 5.82 Å². The fourth-order valence-corrected chi connectivity index (χ4v) is 8.44. The maximum atomic E-state index is 13.4. The van der Waals surface area contributed by atoms with Gasteiger partial charge in [-0.15, -0.1) is 10.2 Å². The molecule has 55 heavy (non-hydrogen) atoms. The van der Waals surface area contributed by atoms with Crippen LogP contribution in [0.4, 0.5) is 23.7 Å². The minimum Gasteiger partial charge on any atom is -0.465 e. The number of hydrogen-bond donors (Lipinski definition) is 2. The van der Waals surface area contributed by atoms with Gasteiger partial charge >= 0.3 is 12.3 Å². The van der Waals surface area contributed by atoms with E-state index in [-0.39, 0.29) is 29.0 Å². The number of fused-ring (bicyclic) bond motifs is 1. The molecular weight excluding hydrogens is 711 g/mol. The van der Waals surface area contributed by atoms with E-state index in [2.05, 4.69) is 68.0 Å². The maximum Gasteiger partial charge on any atom is 0.453 e. The third-order valence-electron chi connectivity index (χ3n) is 11.5. The zero-order chi connectivity index (χ0) is 38.9. The van der Waals surface area contributed by atoms with E-state index in [4.69, 9.17) is 0 Å². The number of amides is 2. The highest BCUT2D eigenvalue weighted by molar-refractivity contribution is 6.02. The molecule has 2 N–H and O–H groups in total. The van der Waals surface area contributed by atoms with Crippen LogP contribution in [0.2, 0.25) is 0 Å². The monoisotopic (exact) mass is 759 g/mol. The van der Waals surface area contributed by atoms with Crippen LogP contribution in [0.1, 0.15) is 105 Å². The van der Waals surface area contributed by atoms with Crippen molar-refractivity contribution < 1.29 is 27.9 Å². The Morgan fingerprint density at radius 3 is 2.25 bits per heavy atom. The Balaban J connectivity index is 0.894. The summed E-state index contributed by atoms with van der Waals surface area (Å²) in [7, 11) is 0. The molecule has 292 valence electrons. The normalized spacial score (nSPS) is 21.7. The Labute approximate surface area is 319 Å². The van der Waals surface area contributed by atoms with E-state index >= 15 is 0 Å². The Morgan fingerprint density at radius 2 is 1.62 bits per heavy atom. The van der Waals surface area contributed by atoms with Gasteiger partial charge in [-0.2, -0.15) is 22.9 Å². The minimum atomic E-state index is -4.61. The molecule has 2 aromatic heterocycles. The van der Waals surface area contributed by atoms with Crippen LogP contribution < -0.4 is 5.32 Å². The molecule has 6 heterocycles. The van der Waals surface area contributed by atoms with Crippen molar-refractivity contribution in [1.82, 2.24) is 34.6 Å². The number of benzene rings is 1. The van der Waals surface area contributed by atoms with Gasteiger partial charge in [-0.1, -0.05) is 44.7 Å². The van der Waals surface area contributed by atoms with E-state index in [1.807, 2.05) is 30.3 Å². The molecule has 0 spiro atoms. The van der Waals surface area contributed by atoms with E-state index in [9.17, 15) is 27.9 Å². The Morgan fingerprint density at radius 1 is 0.891 bits per heavy atom. The number of alkyl halides is 3. The van der Waals surface area contributed by atoms with Crippen molar-refractivity contribution in [2.75, 3.05) is 38.0 Å². The van der Waals surface area contributed by atoms with E-state index < -0.39 is 18.1 Å². The number of carbonyl (C=O) groups excluding carboxylic acids is 1. The predicted octanol–water partition coefficient (Wildman–Crippen LogP) is 6.55. The topological polar surface area (TPSA) is 132 Å². The quantitative estimate of drug-likeness (QED) is 0.287. The summed E-state index contributed by atoms with van der Waals surface area (Å²) in [5.74, 6) is 6.75. The number of aromatic nitrogens is 4. The summed E-state index contributed by atoms with van der Waals surface area (Å²) in [5, 5.41) is 23.5. The number of hydrogen-bond acceptors (Lipinski definition) is 8. The fourth-order valence-electron chi connectivity index (χ4n) is 8.44. The van der Waals surface area contributed by atoms with Crippen molar-refractivity contribution >= 4 is 23.5 Å². The number of carboxylic acid groups (broad SMARTS) is 1. The second kappa shape index (κ2) is 15.6. The first-order valence-electron chi connectivity index (χ1n) is 19.2. The average Bonchev–Trinajstić information content (AvgIpc) is 3.62. The first-order chi connectivity index (χ1) is 26.2. The molecule has 0 bridgehead atoms. The SMILES string of the molecule is CC(C)(C)C1CC(C#Cc2ccc(C(=O)Nc3ccc(C4CCN(C5=Nn6c(nnc6C(F)(F)F)CC5)CC4)cc3)nc2)CCN1C1CCN(C(=O)O)CC1. The molecule has 15 heteroatoms. The van der Waals surface area contributed by atoms with Crippen LogP contribution in [0.15, 0.2) is 47.7 Å². The second-order valence-electron chi connectivity index (χ2n) is 16.1. The van der Waals surface area contributed by atoms with Crippen molar-refractivity contribution in [3.05, 3.63) is 71.1 Å². The summed E-state index contributed by atoms with van der Waals surface area (Å²) in [6.45, 7) is 10.3. The number of halogens is 3. The van der Waals surface area contributed by atoms with E-state index in [1.165, 1.54) is 4.90 Å². The molecule has 2 unspecified atom stereocenters. The number of nitrogens with one attached hydrogen (secondary N) is 1. The lowest BCUT2D eigenvalue weighted by Crippen LogP contribution is -2.56. The van der Waals surface area contributed by atoms with Crippen LogP contribution in [-0.4, -0.2) is 102 Å². The van der Waals surface area contributed by atoms with E-state index in [0.29, 0.717) is 68.3 Å². The highest BCUT2D eigenvalue weighted by Crippen LogP contribution is 2.38.